The third kappa shape index (κ3) is 4.25. The number of aryl methyl sites for hydroxylation is 1. The molecule has 2 N–H and O–H groups in total. The van der Waals surface area contributed by atoms with Gasteiger partial charge in [-0.2, -0.15) is 0 Å². The maximum Gasteiger partial charge on any atom is 0.166 e. The molecule has 4 heteroatoms. The number of nitrogens with one attached hydrogen (secondary N) is 2. The minimum Gasteiger partial charge on any atom is -0.333 e. The first-order valence-electron chi connectivity index (χ1n) is 6.87. The molecule has 1 aromatic heterocycles. The maximum atomic E-state index is 4.61. The van der Waals surface area contributed by atoms with Crippen LogP contribution in [0.1, 0.15) is 26.3 Å². The normalized spacial score (nSPS) is 13.3. The molecule has 2 rings (SSSR count). The number of nitrogens with zero attached hydrogens (tertiary/aromatic N) is 1. The quantitative estimate of drug-likeness (QED) is 0.793. The van der Waals surface area contributed by atoms with Gasteiger partial charge in [-0.15, -0.1) is 0 Å². The van der Waals surface area contributed by atoms with Crippen molar-refractivity contribution >= 4 is 22.8 Å². The summed E-state index contributed by atoms with van der Waals surface area (Å²) in [6.45, 7) is 9.80. The molecule has 0 spiro atoms. The van der Waals surface area contributed by atoms with Gasteiger partial charge in [0.1, 0.15) is 0 Å². The van der Waals surface area contributed by atoms with Gasteiger partial charge in [0.2, 0.25) is 0 Å². The third-order valence-corrected chi connectivity index (χ3v) is 4.20. The molecule has 0 fully saturated rings. The van der Waals surface area contributed by atoms with Gasteiger partial charge < -0.3 is 10.3 Å². The van der Waals surface area contributed by atoms with Gasteiger partial charge in [0.05, 0.1) is 11.0 Å². The summed E-state index contributed by atoms with van der Waals surface area (Å²) in [6.07, 6.45) is 0. The van der Waals surface area contributed by atoms with Crippen LogP contribution in [-0.2, 0) is 0 Å². The minimum atomic E-state index is 0.557. The summed E-state index contributed by atoms with van der Waals surface area (Å²) in [6, 6.07) is 6.89. The summed E-state index contributed by atoms with van der Waals surface area (Å²) in [5.74, 6) is 1.72. The van der Waals surface area contributed by atoms with Crippen LogP contribution in [0.15, 0.2) is 23.4 Å². The molecule has 1 atom stereocenters. The summed E-state index contributed by atoms with van der Waals surface area (Å²) in [7, 11) is 0. The first-order chi connectivity index (χ1) is 9.04. The van der Waals surface area contributed by atoms with Crippen molar-refractivity contribution in [2.24, 2.45) is 5.92 Å². The topological polar surface area (TPSA) is 40.7 Å². The first kappa shape index (κ1) is 14.4. The van der Waals surface area contributed by atoms with Crippen molar-refractivity contribution in [2.45, 2.75) is 38.9 Å². The van der Waals surface area contributed by atoms with Gasteiger partial charge in [0, 0.05) is 11.8 Å². The van der Waals surface area contributed by atoms with E-state index in [2.05, 4.69) is 61.2 Å². The molecule has 0 aliphatic heterocycles. The summed E-state index contributed by atoms with van der Waals surface area (Å²) < 4.78 is 0. The van der Waals surface area contributed by atoms with Crippen LogP contribution in [0.4, 0.5) is 0 Å². The summed E-state index contributed by atoms with van der Waals surface area (Å²) in [5, 5.41) is 4.50. The maximum absolute atomic E-state index is 4.61. The second-order valence-electron chi connectivity index (χ2n) is 5.54. The molecule has 1 aromatic carbocycles. The highest BCUT2D eigenvalue weighted by molar-refractivity contribution is 7.99. The second-order valence-corrected chi connectivity index (χ2v) is 6.55. The lowest BCUT2D eigenvalue weighted by Crippen LogP contribution is -2.28. The van der Waals surface area contributed by atoms with Crippen LogP contribution in [0.2, 0.25) is 0 Å². The van der Waals surface area contributed by atoms with E-state index < -0.39 is 0 Å². The van der Waals surface area contributed by atoms with Crippen molar-refractivity contribution in [2.75, 3.05) is 12.3 Å². The number of H-pyrrole nitrogens is 1. The van der Waals surface area contributed by atoms with E-state index in [1.807, 2.05) is 0 Å². The average Bonchev–Trinajstić information content (AvgIpc) is 2.75. The van der Waals surface area contributed by atoms with Gasteiger partial charge in [0.15, 0.2) is 5.16 Å². The van der Waals surface area contributed by atoms with E-state index in [1.165, 1.54) is 5.56 Å². The molecule has 1 unspecified atom stereocenters. The fourth-order valence-electron chi connectivity index (χ4n) is 1.89. The Bertz CT molecular complexity index is 533. The Morgan fingerprint density at radius 2 is 2.11 bits per heavy atom. The van der Waals surface area contributed by atoms with Gasteiger partial charge in [0.25, 0.3) is 0 Å². The lowest BCUT2D eigenvalue weighted by molar-refractivity contribution is 0.510. The lowest BCUT2D eigenvalue weighted by atomic mass is 10.2. The van der Waals surface area contributed by atoms with Crippen LogP contribution in [0.3, 0.4) is 0 Å². The Kier molecular flexibility index (Phi) is 4.88. The summed E-state index contributed by atoms with van der Waals surface area (Å²) in [4.78, 5) is 8.00. The van der Waals surface area contributed by atoms with E-state index >= 15 is 0 Å². The molecular weight excluding hydrogens is 254 g/mol. The van der Waals surface area contributed by atoms with E-state index in [-0.39, 0.29) is 0 Å². The highest BCUT2D eigenvalue weighted by Crippen LogP contribution is 2.22. The number of fused-ring (bicyclic) bond motifs is 1. The largest absolute Gasteiger partial charge is 0.333 e. The van der Waals surface area contributed by atoms with E-state index in [1.54, 1.807) is 11.8 Å². The Labute approximate surface area is 119 Å². The van der Waals surface area contributed by atoms with Gasteiger partial charge >= 0.3 is 0 Å². The molecule has 2 aromatic rings. The standard InChI is InChI=1S/C15H23N3S/c1-10(2)16-8-12(4)9-19-15-17-13-6-5-11(3)7-14(13)18-15/h5-7,10,12,16H,8-9H2,1-4H3,(H,17,18). The van der Waals surface area contributed by atoms with E-state index in [4.69, 9.17) is 0 Å². The lowest BCUT2D eigenvalue weighted by Gasteiger charge is -2.13. The Morgan fingerprint density at radius 3 is 2.84 bits per heavy atom. The zero-order valence-corrected chi connectivity index (χ0v) is 13.0. The molecular formula is C15H23N3S. The SMILES string of the molecule is Cc1ccc2nc(SCC(C)CNC(C)C)[nH]c2c1. The molecule has 0 saturated carbocycles. The molecule has 3 nitrogen and oxygen atoms in total. The predicted molar refractivity (Wildman–Crippen MR) is 83.9 cm³/mol. The molecule has 0 aliphatic rings. The molecule has 0 radical (unpaired) electrons. The summed E-state index contributed by atoms with van der Waals surface area (Å²) in [5.41, 5.74) is 3.46. The van der Waals surface area contributed by atoms with E-state index in [0.29, 0.717) is 12.0 Å². The average molecular weight is 277 g/mol. The Morgan fingerprint density at radius 1 is 1.32 bits per heavy atom. The van der Waals surface area contributed by atoms with E-state index in [9.17, 15) is 0 Å². The number of thioether (sulfide) groups is 1. The van der Waals surface area contributed by atoms with Crippen molar-refractivity contribution < 1.29 is 0 Å². The van der Waals surface area contributed by atoms with Gasteiger partial charge in [-0.05, 0) is 37.1 Å². The van der Waals surface area contributed by atoms with Gasteiger partial charge in [-0.25, -0.2) is 4.98 Å². The number of hydrogen-bond donors (Lipinski definition) is 2. The minimum absolute atomic E-state index is 0.557. The number of benzene rings is 1. The van der Waals surface area contributed by atoms with Crippen LogP contribution in [0.25, 0.3) is 11.0 Å². The van der Waals surface area contributed by atoms with Gasteiger partial charge in [-0.3, -0.25) is 0 Å². The highest BCUT2D eigenvalue weighted by Gasteiger charge is 2.07. The Hall–Kier alpha value is -1.00. The molecule has 0 bridgehead atoms. The third-order valence-electron chi connectivity index (χ3n) is 2.99. The molecule has 1 heterocycles. The number of aromatic nitrogens is 2. The van der Waals surface area contributed by atoms with Crippen LogP contribution in [-0.4, -0.2) is 28.3 Å². The number of rotatable bonds is 6. The van der Waals surface area contributed by atoms with Crippen molar-refractivity contribution in [1.29, 1.82) is 0 Å². The first-order valence-corrected chi connectivity index (χ1v) is 7.85. The predicted octanol–water partition coefficient (Wildman–Crippen LogP) is 3.60. The van der Waals surface area contributed by atoms with Crippen molar-refractivity contribution in [3.05, 3.63) is 23.8 Å². The van der Waals surface area contributed by atoms with Crippen LogP contribution >= 0.6 is 11.8 Å². The van der Waals surface area contributed by atoms with Crippen LogP contribution in [0.5, 0.6) is 0 Å². The monoisotopic (exact) mass is 277 g/mol. The smallest absolute Gasteiger partial charge is 0.166 e. The van der Waals surface area contributed by atoms with Crippen molar-refractivity contribution in [3.63, 3.8) is 0 Å². The van der Waals surface area contributed by atoms with E-state index in [0.717, 1.165) is 28.5 Å². The van der Waals surface area contributed by atoms with Crippen molar-refractivity contribution in [1.82, 2.24) is 15.3 Å². The number of aromatic amines is 1. The summed E-state index contributed by atoms with van der Waals surface area (Å²) >= 11 is 1.81. The molecule has 0 amide bonds. The zero-order chi connectivity index (χ0) is 13.8. The number of hydrogen-bond acceptors (Lipinski definition) is 3. The molecule has 0 aliphatic carbocycles. The van der Waals surface area contributed by atoms with Crippen LogP contribution < -0.4 is 5.32 Å². The van der Waals surface area contributed by atoms with Crippen LogP contribution in [0, 0.1) is 12.8 Å². The highest BCUT2D eigenvalue weighted by atomic mass is 32.2. The number of imidazole rings is 1. The molecule has 104 valence electrons. The van der Waals surface area contributed by atoms with Crippen molar-refractivity contribution in [3.8, 4) is 0 Å². The molecule has 19 heavy (non-hydrogen) atoms. The Balaban J connectivity index is 1.90. The van der Waals surface area contributed by atoms with Gasteiger partial charge in [-0.1, -0.05) is 38.6 Å². The fraction of sp³-hybridized carbons (Fsp3) is 0.533. The molecule has 0 saturated heterocycles. The fourth-order valence-corrected chi connectivity index (χ4v) is 2.79. The second kappa shape index (κ2) is 6.44. The zero-order valence-electron chi connectivity index (χ0n) is 12.2.